The number of hydrogen-bond donors (Lipinski definition) is 1. The van der Waals surface area contributed by atoms with Gasteiger partial charge in [-0.25, -0.2) is 0 Å². The summed E-state index contributed by atoms with van der Waals surface area (Å²) >= 11 is 0. The molecular formula is C18H21NO2. The van der Waals surface area contributed by atoms with E-state index < -0.39 is 0 Å². The molecule has 2 aromatic rings. The van der Waals surface area contributed by atoms with Crippen molar-refractivity contribution in [1.29, 1.82) is 0 Å². The second kappa shape index (κ2) is 6.44. The smallest absolute Gasteiger partial charge is 0.199 e. The van der Waals surface area contributed by atoms with E-state index in [1.165, 1.54) is 0 Å². The van der Waals surface area contributed by atoms with Crippen LogP contribution in [0.15, 0.2) is 36.4 Å². The average molecular weight is 283 g/mol. The van der Waals surface area contributed by atoms with Crippen molar-refractivity contribution in [1.82, 2.24) is 0 Å². The van der Waals surface area contributed by atoms with E-state index in [0.29, 0.717) is 22.6 Å². The molecule has 0 aliphatic heterocycles. The minimum absolute atomic E-state index is 0.0721. The first-order valence-corrected chi connectivity index (χ1v) is 7.21. The molecule has 0 bridgehead atoms. The van der Waals surface area contributed by atoms with Crippen LogP contribution in [0, 0.1) is 0 Å². The Morgan fingerprint density at radius 1 is 1.14 bits per heavy atom. The van der Waals surface area contributed by atoms with Gasteiger partial charge in [-0.15, -0.1) is 0 Å². The number of ether oxygens (including phenoxy) is 1. The maximum atomic E-state index is 12.9. The number of carbonyl (C=O) groups excluding carboxylic acids is 1. The Labute approximate surface area is 125 Å². The van der Waals surface area contributed by atoms with Gasteiger partial charge in [-0.2, -0.15) is 0 Å². The molecule has 110 valence electrons. The molecule has 2 N–H and O–H groups in total. The highest BCUT2D eigenvalue weighted by Crippen LogP contribution is 2.28. The summed E-state index contributed by atoms with van der Waals surface area (Å²) in [6, 6.07) is 11.3. The van der Waals surface area contributed by atoms with Gasteiger partial charge in [0.1, 0.15) is 5.75 Å². The summed E-state index contributed by atoms with van der Waals surface area (Å²) in [7, 11) is 1.55. The maximum absolute atomic E-state index is 12.9. The number of ketones is 1. The van der Waals surface area contributed by atoms with Gasteiger partial charge >= 0.3 is 0 Å². The Hall–Kier alpha value is -2.29. The zero-order valence-electron chi connectivity index (χ0n) is 12.8. The van der Waals surface area contributed by atoms with Crippen LogP contribution in [-0.2, 0) is 12.8 Å². The van der Waals surface area contributed by atoms with Gasteiger partial charge in [-0.1, -0.05) is 32.0 Å². The summed E-state index contributed by atoms with van der Waals surface area (Å²) in [6.45, 7) is 4.12. The second-order valence-corrected chi connectivity index (χ2v) is 4.95. The van der Waals surface area contributed by atoms with Crippen molar-refractivity contribution in [3.05, 3.63) is 58.7 Å². The number of carbonyl (C=O) groups is 1. The first-order valence-electron chi connectivity index (χ1n) is 7.21. The summed E-state index contributed by atoms with van der Waals surface area (Å²) in [4.78, 5) is 12.9. The van der Waals surface area contributed by atoms with Gasteiger partial charge < -0.3 is 10.5 Å². The molecule has 2 rings (SSSR count). The van der Waals surface area contributed by atoms with Crippen molar-refractivity contribution in [2.24, 2.45) is 0 Å². The highest BCUT2D eigenvalue weighted by molar-refractivity contribution is 6.14. The Kier molecular flexibility index (Phi) is 4.63. The van der Waals surface area contributed by atoms with Gasteiger partial charge in [0.05, 0.1) is 12.7 Å². The first-order chi connectivity index (χ1) is 10.1. The third-order valence-corrected chi connectivity index (χ3v) is 3.71. The molecule has 0 unspecified atom stereocenters. The minimum atomic E-state index is -0.0721. The number of nitrogens with two attached hydrogens (primary N) is 1. The van der Waals surface area contributed by atoms with Crippen molar-refractivity contribution in [2.75, 3.05) is 12.8 Å². The molecule has 0 heterocycles. The molecule has 0 aromatic heterocycles. The number of rotatable bonds is 5. The molecule has 2 aromatic carbocycles. The van der Waals surface area contributed by atoms with Crippen LogP contribution in [0.2, 0.25) is 0 Å². The summed E-state index contributed by atoms with van der Waals surface area (Å²) in [6.07, 6.45) is 1.70. The van der Waals surface area contributed by atoms with Crippen LogP contribution >= 0.6 is 0 Å². The highest BCUT2D eigenvalue weighted by Gasteiger charge is 2.20. The topological polar surface area (TPSA) is 52.3 Å². The van der Waals surface area contributed by atoms with Crippen LogP contribution in [0.25, 0.3) is 0 Å². The number of hydrogen-bond acceptors (Lipinski definition) is 3. The Morgan fingerprint density at radius 2 is 1.90 bits per heavy atom. The highest BCUT2D eigenvalue weighted by atomic mass is 16.5. The number of methoxy groups -OCH3 is 1. The summed E-state index contributed by atoms with van der Waals surface area (Å²) in [5.41, 5.74) is 9.78. The van der Waals surface area contributed by atoms with Crippen LogP contribution < -0.4 is 10.5 Å². The Bertz CT molecular complexity index is 662. The summed E-state index contributed by atoms with van der Waals surface area (Å²) in [5.74, 6) is 0.445. The fraction of sp³-hybridized carbons (Fsp3) is 0.278. The molecule has 0 aliphatic rings. The molecule has 0 aliphatic carbocycles. The van der Waals surface area contributed by atoms with E-state index in [1.54, 1.807) is 25.3 Å². The Balaban J connectivity index is 2.59. The van der Waals surface area contributed by atoms with E-state index >= 15 is 0 Å². The van der Waals surface area contributed by atoms with Crippen LogP contribution in [0.4, 0.5) is 5.69 Å². The van der Waals surface area contributed by atoms with Gasteiger partial charge in [0.25, 0.3) is 0 Å². The Morgan fingerprint density at radius 3 is 2.52 bits per heavy atom. The number of anilines is 1. The van der Waals surface area contributed by atoms with Gasteiger partial charge in [-0.05, 0) is 42.2 Å². The third-order valence-electron chi connectivity index (χ3n) is 3.71. The van der Waals surface area contributed by atoms with E-state index in [2.05, 4.69) is 13.0 Å². The monoisotopic (exact) mass is 283 g/mol. The number of benzene rings is 2. The molecule has 3 heteroatoms. The molecule has 0 amide bonds. The predicted octanol–water partition coefficient (Wildman–Crippen LogP) is 3.63. The van der Waals surface area contributed by atoms with Gasteiger partial charge in [-0.3, -0.25) is 4.79 Å². The normalized spacial score (nSPS) is 10.4. The largest absolute Gasteiger partial charge is 0.496 e. The number of nitrogen functional groups attached to an aromatic ring is 1. The first kappa shape index (κ1) is 15.1. The van der Waals surface area contributed by atoms with Crippen LogP contribution in [-0.4, -0.2) is 12.9 Å². The van der Waals surface area contributed by atoms with Gasteiger partial charge in [0.2, 0.25) is 0 Å². The quantitative estimate of drug-likeness (QED) is 0.673. The second-order valence-electron chi connectivity index (χ2n) is 4.95. The van der Waals surface area contributed by atoms with Crippen molar-refractivity contribution in [3.8, 4) is 5.75 Å². The fourth-order valence-corrected chi connectivity index (χ4v) is 2.46. The summed E-state index contributed by atoms with van der Waals surface area (Å²) in [5, 5.41) is 0. The SMILES string of the molecule is CCc1ccc(CC)c(C(=O)c2c(N)cccc2OC)c1. The lowest BCUT2D eigenvalue weighted by molar-refractivity contribution is 0.103. The molecule has 0 fully saturated rings. The molecule has 21 heavy (non-hydrogen) atoms. The van der Waals surface area contributed by atoms with Crippen LogP contribution in [0.3, 0.4) is 0 Å². The van der Waals surface area contributed by atoms with Crippen LogP contribution in [0.1, 0.15) is 40.9 Å². The van der Waals surface area contributed by atoms with E-state index in [0.717, 1.165) is 24.0 Å². The van der Waals surface area contributed by atoms with E-state index in [-0.39, 0.29) is 5.78 Å². The third kappa shape index (κ3) is 2.92. The van der Waals surface area contributed by atoms with Gasteiger partial charge in [0.15, 0.2) is 5.78 Å². The molecule has 0 saturated heterocycles. The van der Waals surface area contributed by atoms with Crippen molar-refractivity contribution >= 4 is 11.5 Å². The van der Waals surface area contributed by atoms with Crippen molar-refractivity contribution in [3.63, 3.8) is 0 Å². The molecule has 0 radical (unpaired) electrons. The van der Waals surface area contributed by atoms with Crippen LogP contribution in [0.5, 0.6) is 5.75 Å². The number of aryl methyl sites for hydroxylation is 2. The van der Waals surface area contributed by atoms with E-state index in [1.807, 2.05) is 19.1 Å². The lowest BCUT2D eigenvalue weighted by atomic mass is 9.93. The molecule has 0 atom stereocenters. The summed E-state index contributed by atoms with van der Waals surface area (Å²) < 4.78 is 5.30. The maximum Gasteiger partial charge on any atom is 0.199 e. The van der Waals surface area contributed by atoms with Crippen molar-refractivity contribution < 1.29 is 9.53 Å². The molecular weight excluding hydrogens is 262 g/mol. The standard InChI is InChI=1S/C18H21NO2/c1-4-12-9-10-13(5-2)14(11-12)18(20)17-15(19)7-6-8-16(17)21-3/h6-11H,4-5,19H2,1-3H3. The van der Waals surface area contributed by atoms with E-state index in [9.17, 15) is 4.79 Å². The van der Waals surface area contributed by atoms with Gasteiger partial charge in [0, 0.05) is 11.3 Å². The predicted molar refractivity (Wildman–Crippen MR) is 86.0 cm³/mol. The zero-order valence-corrected chi connectivity index (χ0v) is 12.8. The van der Waals surface area contributed by atoms with Crippen molar-refractivity contribution in [2.45, 2.75) is 26.7 Å². The zero-order chi connectivity index (χ0) is 15.4. The lowest BCUT2D eigenvalue weighted by Crippen LogP contribution is -2.10. The molecule has 3 nitrogen and oxygen atoms in total. The lowest BCUT2D eigenvalue weighted by Gasteiger charge is -2.13. The average Bonchev–Trinajstić information content (AvgIpc) is 2.53. The fourth-order valence-electron chi connectivity index (χ4n) is 2.46. The minimum Gasteiger partial charge on any atom is -0.496 e. The van der Waals surface area contributed by atoms with E-state index in [4.69, 9.17) is 10.5 Å². The molecule has 0 spiro atoms. The molecule has 0 saturated carbocycles.